The molecule has 2 fully saturated rings. The topological polar surface area (TPSA) is 79.6 Å². The predicted octanol–water partition coefficient (Wildman–Crippen LogP) is 1.59. The molecule has 19 heavy (non-hydrogen) atoms. The molecule has 1 aromatic rings. The number of carbonyl (C=O) groups is 3. The number of urea groups is 1. The van der Waals surface area contributed by atoms with Crippen molar-refractivity contribution in [3.63, 3.8) is 0 Å². The SMILES string of the molecule is CC(c1ccco1)N1C(=O)NC(=O)C2(CCC2)C1=O. The van der Waals surface area contributed by atoms with Crippen molar-refractivity contribution in [3.8, 4) is 0 Å². The number of rotatable bonds is 2. The van der Waals surface area contributed by atoms with Crippen LogP contribution in [0.4, 0.5) is 4.79 Å². The molecule has 1 atom stereocenters. The number of barbiturate groups is 1. The van der Waals surface area contributed by atoms with E-state index < -0.39 is 29.3 Å². The van der Waals surface area contributed by atoms with E-state index in [-0.39, 0.29) is 0 Å². The quantitative estimate of drug-likeness (QED) is 0.821. The van der Waals surface area contributed by atoms with Gasteiger partial charge in [-0.15, -0.1) is 0 Å². The fourth-order valence-corrected chi connectivity index (χ4v) is 2.68. The highest BCUT2D eigenvalue weighted by Gasteiger charge is 2.58. The first kappa shape index (κ1) is 12.0. The number of imide groups is 2. The Bertz CT molecular complexity index is 545. The molecule has 1 N–H and O–H groups in total. The molecule has 1 aromatic heterocycles. The fraction of sp³-hybridized carbons (Fsp3) is 0.462. The van der Waals surface area contributed by atoms with Crippen LogP contribution >= 0.6 is 0 Å². The molecule has 1 spiro atoms. The number of nitrogens with zero attached hydrogens (tertiary/aromatic N) is 1. The van der Waals surface area contributed by atoms with Crippen molar-refractivity contribution in [3.05, 3.63) is 24.2 Å². The lowest BCUT2D eigenvalue weighted by Gasteiger charge is -2.45. The van der Waals surface area contributed by atoms with Crippen LogP contribution in [0.3, 0.4) is 0 Å². The minimum Gasteiger partial charge on any atom is -0.467 e. The standard InChI is InChI=1S/C13H14N2O4/c1-8(9-4-2-7-19-9)15-11(17)13(5-3-6-13)10(16)14-12(15)18/h2,4,7-8H,3,5-6H2,1H3,(H,14,16,18). The van der Waals surface area contributed by atoms with E-state index in [9.17, 15) is 14.4 Å². The molecule has 0 bridgehead atoms. The van der Waals surface area contributed by atoms with Gasteiger partial charge in [-0.2, -0.15) is 0 Å². The zero-order valence-corrected chi connectivity index (χ0v) is 10.5. The maximum Gasteiger partial charge on any atom is 0.331 e. The summed E-state index contributed by atoms with van der Waals surface area (Å²) in [4.78, 5) is 37.4. The van der Waals surface area contributed by atoms with Gasteiger partial charge in [-0.3, -0.25) is 19.8 Å². The second-order valence-electron chi connectivity index (χ2n) is 5.06. The van der Waals surface area contributed by atoms with Crippen molar-refractivity contribution in [2.45, 2.75) is 32.2 Å². The normalized spacial score (nSPS) is 23.2. The van der Waals surface area contributed by atoms with Gasteiger partial charge < -0.3 is 4.42 Å². The first-order valence-corrected chi connectivity index (χ1v) is 6.29. The van der Waals surface area contributed by atoms with Crippen molar-refractivity contribution >= 4 is 17.8 Å². The van der Waals surface area contributed by atoms with Crippen LogP contribution in [0, 0.1) is 5.41 Å². The first-order valence-electron chi connectivity index (χ1n) is 6.29. The summed E-state index contributed by atoms with van der Waals surface area (Å²) in [5.74, 6) is -0.347. The summed E-state index contributed by atoms with van der Waals surface area (Å²) in [7, 11) is 0. The molecule has 0 aromatic carbocycles. The minimum atomic E-state index is -1.03. The van der Waals surface area contributed by atoms with Gasteiger partial charge >= 0.3 is 6.03 Å². The molecular formula is C13H14N2O4. The van der Waals surface area contributed by atoms with Crippen molar-refractivity contribution in [2.24, 2.45) is 5.41 Å². The zero-order valence-electron chi connectivity index (χ0n) is 10.5. The lowest BCUT2D eigenvalue weighted by molar-refractivity contribution is -0.159. The third kappa shape index (κ3) is 1.52. The van der Waals surface area contributed by atoms with E-state index in [0.29, 0.717) is 18.6 Å². The second kappa shape index (κ2) is 3.94. The Kier molecular flexibility index (Phi) is 2.48. The fourth-order valence-electron chi connectivity index (χ4n) is 2.68. The molecule has 6 heteroatoms. The Morgan fingerprint density at radius 3 is 2.63 bits per heavy atom. The van der Waals surface area contributed by atoms with E-state index in [2.05, 4.69) is 5.32 Å². The summed E-state index contributed by atoms with van der Waals surface area (Å²) in [6, 6.07) is 2.21. The number of hydrogen-bond donors (Lipinski definition) is 1. The van der Waals surface area contributed by atoms with Crippen LogP contribution in [-0.4, -0.2) is 22.7 Å². The third-order valence-corrected chi connectivity index (χ3v) is 4.05. The summed E-state index contributed by atoms with van der Waals surface area (Å²) in [5, 5.41) is 2.28. The Labute approximate surface area is 109 Å². The summed E-state index contributed by atoms with van der Waals surface area (Å²) < 4.78 is 5.23. The summed E-state index contributed by atoms with van der Waals surface area (Å²) in [5.41, 5.74) is -1.03. The largest absolute Gasteiger partial charge is 0.467 e. The van der Waals surface area contributed by atoms with Gasteiger partial charge in [0.25, 0.3) is 0 Å². The van der Waals surface area contributed by atoms with E-state index in [1.54, 1.807) is 19.1 Å². The molecular weight excluding hydrogens is 248 g/mol. The highest BCUT2D eigenvalue weighted by Crippen LogP contribution is 2.45. The summed E-state index contributed by atoms with van der Waals surface area (Å²) in [6.07, 6.45) is 3.33. The van der Waals surface area contributed by atoms with E-state index in [1.807, 2.05) is 0 Å². The lowest BCUT2D eigenvalue weighted by atomic mass is 9.66. The van der Waals surface area contributed by atoms with Crippen LogP contribution in [-0.2, 0) is 9.59 Å². The molecule has 0 radical (unpaired) electrons. The molecule has 2 heterocycles. The number of nitrogens with one attached hydrogen (secondary N) is 1. The van der Waals surface area contributed by atoms with Crippen molar-refractivity contribution in [2.75, 3.05) is 0 Å². The van der Waals surface area contributed by atoms with Gasteiger partial charge in [0.1, 0.15) is 11.2 Å². The highest BCUT2D eigenvalue weighted by atomic mass is 16.3. The second-order valence-corrected chi connectivity index (χ2v) is 5.06. The van der Waals surface area contributed by atoms with Crippen molar-refractivity contribution in [1.29, 1.82) is 0 Å². The van der Waals surface area contributed by atoms with Gasteiger partial charge in [-0.1, -0.05) is 6.42 Å². The maximum absolute atomic E-state index is 12.5. The van der Waals surface area contributed by atoms with Gasteiger partial charge in [0.05, 0.1) is 12.3 Å². The van der Waals surface area contributed by atoms with E-state index in [4.69, 9.17) is 4.42 Å². The predicted molar refractivity (Wildman–Crippen MR) is 63.8 cm³/mol. The lowest BCUT2D eigenvalue weighted by Crippen LogP contribution is -2.66. The molecule has 1 saturated heterocycles. The van der Waals surface area contributed by atoms with Crippen LogP contribution < -0.4 is 5.32 Å². The average molecular weight is 262 g/mol. The molecule has 100 valence electrons. The van der Waals surface area contributed by atoms with Gasteiger partial charge in [0.2, 0.25) is 11.8 Å². The number of carbonyl (C=O) groups excluding carboxylic acids is 3. The van der Waals surface area contributed by atoms with Crippen LogP contribution in [0.25, 0.3) is 0 Å². The molecule has 4 amide bonds. The van der Waals surface area contributed by atoms with Crippen molar-refractivity contribution in [1.82, 2.24) is 10.2 Å². The maximum atomic E-state index is 12.5. The minimum absolute atomic E-state index is 0.406. The van der Waals surface area contributed by atoms with Gasteiger partial charge in [-0.05, 0) is 31.9 Å². The first-order chi connectivity index (χ1) is 9.06. The van der Waals surface area contributed by atoms with Crippen LogP contribution in [0.5, 0.6) is 0 Å². The molecule has 1 saturated carbocycles. The van der Waals surface area contributed by atoms with Crippen LogP contribution in [0.15, 0.2) is 22.8 Å². The Morgan fingerprint density at radius 2 is 2.11 bits per heavy atom. The average Bonchev–Trinajstić information content (AvgIpc) is 2.79. The summed E-state index contributed by atoms with van der Waals surface area (Å²) in [6.45, 7) is 1.71. The van der Waals surface area contributed by atoms with Crippen LogP contribution in [0.2, 0.25) is 0 Å². The van der Waals surface area contributed by atoms with Crippen molar-refractivity contribution < 1.29 is 18.8 Å². The van der Waals surface area contributed by atoms with Crippen LogP contribution in [0.1, 0.15) is 38.0 Å². The smallest absolute Gasteiger partial charge is 0.331 e. The molecule has 1 aliphatic carbocycles. The monoisotopic (exact) mass is 262 g/mol. The van der Waals surface area contributed by atoms with Gasteiger partial charge in [0.15, 0.2) is 0 Å². The Hall–Kier alpha value is -2.11. The van der Waals surface area contributed by atoms with Gasteiger partial charge in [-0.25, -0.2) is 4.79 Å². The summed E-state index contributed by atoms with van der Waals surface area (Å²) >= 11 is 0. The van der Waals surface area contributed by atoms with E-state index in [1.165, 1.54) is 6.26 Å². The molecule has 1 aliphatic heterocycles. The highest BCUT2D eigenvalue weighted by molar-refractivity contribution is 6.19. The third-order valence-electron chi connectivity index (χ3n) is 4.05. The molecule has 6 nitrogen and oxygen atoms in total. The van der Waals surface area contributed by atoms with E-state index in [0.717, 1.165) is 11.3 Å². The Balaban J connectivity index is 1.94. The molecule has 2 aliphatic rings. The number of amides is 4. The molecule has 3 rings (SSSR count). The molecule has 1 unspecified atom stereocenters. The van der Waals surface area contributed by atoms with Gasteiger partial charge in [0, 0.05) is 0 Å². The van der Waals surface area contributed by atoms with E-state index >= 15 is 0 Å². The Morgan fingerprint density at radius 1 is 1.37 bits per heavy atom. The zero-order chi connectivity index (χ0) is 13.6. The number of hydrogen-bond acceptors (Lipinski definition) is 4. The number of furan rings is 1.